The van der Waals surface area contributed by atoms with Gasteiger partial charge in [-0.3, -0.25) is 0 Å². The number of hydrogen-bond donors (Lipinski definition) is 2. The van der Waals surface area contributed by atoms with E-state index < -0.39 is 0 Å². The van der Waals surface area contributed by atoms with E-state index in [0.29, 0.717) is 17.6 Å². The predicted octanol–water partition coefficient (Wildman–Crippen LogP) is 2.59. The Bertz CT molecular complexity index is 514. The smallest absolute Gasteiger partial charge is 0.157 e. The highest BCUT2D eigenvalue weighted by atomic mass is 35.5. The number of rotatable bonds is 0. The van der Waals surface area contributed by atoms with E-state index in [1.807, 2.05) is 0 Å². The molecule has 21 heavy (non-hydrogen) atoms. The predicted molar refractivity (Wildman–Crippen MR) is 81.1 cm³/mol. The topological polar surface area (TPSA) is 81.3 Å². The van der Waals surface area contributed by atoms with Crippen molar-refractivity contribution in [3.05, 3.63) is 16.3 Å². The first kappa shape index (κ1) is 15.0. The zero-order valence-electron chi connectivity index (χ0n) is 12.1. The number of halogens is 1. The summed E-state index contributed by atoms with van der Waals surface area (Å²) < 4.78 is 5.50. The SMILES string of the molecule is Nc1nnc(Cl)c2c1C1(CC1)COC2.OC1CCCCC1. The Kier molecular flexibility index (Phi) is 4.33. The molecule has 4 rings (SSSR count). The second-order valence-corrected chi connectivity index (χ2v) is 6.65. The van der Waals surface area contributed by atoms with Crippen LogP contribution in [0.1, 0.15) is 56.1 Å². The molecule has 0 unspecified atom stereocenters. The molecule has 0 saturated heterocycles. The number of aliphatic hydroxyl groups is 1. The van der Waals surface area contributed by atoms with Gasteiger partial charge in [-0.1, -0.05) is 30.9 Å². The molecule has 2 saturated carbocycles. The van der Waals surface area contributed by atoms with Gasteiger partial charge in [0.25, 0.3) is 0 Å². The normalized spacial score (nSPS) is 23.1. The zero-order chi connectivity index (χ0) is 14.9. The highest BCUT2D eigenvalue weighted by Gasteiger charge is 2.50. The van der Waals surface area contributed by atoms with Crippen LogP contribution in [0.15, 0.2) is 0 Å². The fourth-order valence-corrected chi connectivity index (χ4v) is 3.42. The average molecular weight is 312 g/mol. The van der Waals surface area contributed by atoms with Crippen LogP contribution in [0.2, 0.25) is 5.15 Å². The summed E-state index contributed by atoms with van der Waals surface area (Å²) in [6.07, 6.45) is 8.16. The standard InChI is InChI=1S/C9H10ClN3O.C6H12O/c10-7-5-3-14-4-9(1-2-9)6(5)8(11)13-12-7;7-6-4-2-1-3-5-6/h1-4H2,(H2,11,13);6-7H,1-5H2. The Balaban J connectivity index is 0.000000160. The highest BCUT2D eigenvalue weighted by molar-refractivity contribution is 6.30. The van der Waals surface area contributed by atoms with Gasteiger partial charge in [-0.25, -0.2) is 0 Å². The Hall–Kier alpha value is -0.910. The third-order valence-corrected chi connectivity index (χ3v) is 4.94. The molecule has 5 nitrogen and oxygen atoms in total. The maximum Gasteiger partial charge on any atom is 0.157 e. The second kappa shape index (κ2) is 6.07. The molecule has 2 aliphatic carbocycles. The van der Waals surface area contributed by atoms with E-state index >= 15 is 0 Å². The Labute approximate surface area is 129 Å². The molecule has 0 aromatic carbocycles. The van der Waals surface area contributed by atoms with Gasteiger partial charge in [-0.05, 0) is 25.7 Å². The Morgan fingerprint density at radius 2 is 1.90 bits per heavy atom. The Morgan fingerprint density at radius 3 is 2.48 bits per heavy atom. The maximum absolute atomic E-state index is 8.91. The molecule has 1 aromatic heterocycles. The van der Waals surface area contributed by atoms with Crippen molar-refractivity contribution in [1.29, 1.82) is 0 Å². The van der Waals surface area contributed by atoms with Gasteiger partial charge < -0.3 is 15.6 Å². The molecule has 0 radical (unpaired) electrons. The number of nitrogens with zero attached hydrogens (tertiary/aromatic N) is 2. The minimum absolute atomic E-state index is 0.0359. The van der Waals surface area contributed by atoms with Gasteiger partial charge in [0.05, 0.1) is 19.3 Å². The summed E-state index contributed by atoms with van der Waals surface area (Å²) in [7, 11) is 0. The molecule has 1 aromatic rings. The van der Waals surface area contributed by atoms with Crippen molar-refractivity contribution in [1.82, 2.24) is 10.2 Å². The average Bonchev–Trinajstić information content (AvgIpc) is 3.24. The third-order valence-electron chi connectivity index (χ3n) is 4.64. The van der Waals surface area contributed by atoms with Crippen molar-refractivity contribution >= 4 is 17.4 Å². The molecule has 2 heterocycles. The summed E-state index contributed by atoms with van der Waals surface area (Å²) in [5.74, 6) is 0.519. The summed E-state index contributed by atoms with van der Waals surface area (Å²) in [4.78, 5) is 0. The molecule has 3 aliphatic rings. The van der Waals surface area contributed by atoms with Crippen molar-refractivity contribution in [3.63, 3.8) is 0 Å². The van der Waals surface area contributed by atoms with E-state index in [4.69, 9.17) is 27.2 Å². The number of aliphatic hydroxyl groups excluding tert-OH is 1. The van der Waals surface area contributed by atoms with Crippen molar-refractivity contribution in [3.8, 4) is 0 Å². The number of hydrogen-bond acceptors (Lipinski definition) is 5. The summed E-state index contributed by atoms with van der Waals surface area (Å²) in [6.45, 7) is 1.25. The largest absolute Gasteiger partial charge is 0.393 e. The van der Waals surface area contributed by atoms with Gasteiger partial charge in [-0.15, -0.1) is 10.2 Å². The van der Waals surface area contributed by atoms with Gasteiger partial charge >= 0.3 is 0 Å². The first-order valence-electron chi connectivity index (χ1n) is 7.69. The Morgan fingerprint density at radius 1 is 1.19 bits per heavy atom. The van der Waals surface area contributed by atoms with E-state index in [-0.39, 0.29) is 11.5 Å². The number of nitrogens with two attached hydrogens (primary N) is 1. The summed E-state index contributed by atoms with van der Waals surface area (Å²) >= 11 is 5.96. The van der Waals surface area contributed by atoms with Crippen molar-refractivity contribution in [2.45, 2.75) is 63.1 Å². The van der Waals surface area contributed by atoms with Gasteiger partial charge in [0, 0.05) is 16.5 Å². The van der Waals surface area contributed by atoms with Crippen LogP contribution in [0, 0.1) is 0 Å². The number of fused-ring (bicyclic) bond motifs is 2. The lowest BCUT2D eigenvalue weighted by molar-refractivity contribution is 0.0836. The third kappa shape index (κ3) is 3.15. The lowest BCUT2D eigenvalue weighted by Crippen LogP contribution is -2.26. The number of anilines is 1. The van der Waals surface area contributed by atoms with Crippen LogP contribution in [0.3, 0.4) is 0 Å². The molecule has 6 heteroatoms. The molecule has 0 atom stereocenters. The molecule has 0 amide bonds. The van der Waals surface area contributed by atoms with Crippen molar-refractivity contribution < 1.29 is 9.84 Å². The van der Waals surface area contributed by atoms with Crippen LogP contribution in [0.4, 0.5) is 5.82 Å². The summed E-state index contributed by atoms with van der Waals surface area (Å²) in [6, 6.07) is 0. The van der Waals surface area contributed by atoms with E-state index in [1.54, 1.807) is 0 Å². The van der Waals surface area contributed by atoms with E-state index in [1.165, 1.54) is 19.3 Å². The molecule has 0 bridgehead atoms. The van der Waals surface area contributed by atoms with Gasteiger partial charge in [-0.2, -0.15) is 0 Å². The molecular weight excluding hydrogens is 290 g/mol. The quantitative estimate of drug-likeness (QED) is 0.769. The van der Waals surface area contributed by atoms with Gasteiger partial charge in [0.2, 0.25) is 0 Å². The van der Waals surface area contributed by atoms with Crippen LogP contribution in [0.25, 0.3) is 0 Å². The monoisotopic (exact) mass is 311 g/mol. The first-order chi connectivity index (χ1) is 10.1. The van der Waals surface area contributed by atoms with Crippen LogP contribution in [0.5, 0.6) is 0 Å². The summed E-state index contributed by atoms with van der Waals surface area (Å²) in [5.41, 5.74) is 7.97. The lowest BCUT2D eigenvalue weighted by Gasteiger charge is -2.26. The molecule has 1 spiro atoms. The maximum atomic E-state index is 8.91. The number of nitrogen functional groups attached to an aromatic ring is 1. The fourth-order valence-electron chi connectivity index (χ4n) is 3.24. The molecule has 3 N–H and O–H groups in total. The van der Waals surface area contributed by atoms with Crippen molar-refractivity contribution in [2.75, 3.05) is 12.3 Å². The molecular formula is C15H22ClN3O2. The van der Waals surface area contributed by atoms with E-state index in [9.17, 15) is 0 Å². The molecule has 2 fully saturated rings. The minimum atomic E-state index is 0.0359. The zero-order valence-corrected chi connectivity index (χ0v) is 12.9. The number of aromatic nitrogens is 2. The molecule has 1 aliphatic heterocycles. The van der Waals surface area contributed by atoms with Crippen LogP contribution < -0.4 is 5.73 Å². The van der Waals surface area contributed by atoms with Crippen LogP contribution in [-0.4, -0.2) is 28.0 Å². The lowest BCUT2D eigenvalue weighted by atomic mass is 9.92. The summed E-state index contributed by atoms with van der Waals surface area (Å²) in [5, 5.41) is 17.0. The highest BCUT2D eigenvalue weighted by Crippen LogP contribution is 2.53. The second-order valence-electron chi connectivity index (χ2n) is 6.29. The minimum Gasteiger partial charge on any atom is -0.393 e. The van der Waals surface area contributed by atoms with Gasteiger partial charge in [0.1, 0.15) is 5.82 Å². The van der Waals surface area contributed by atoms with E-state index in [2.05, 4.69) is 10.2 Å². The van der Waals surface area contributed by atoms with E-state index in [0.717, 1.165) is 43.4 Å². The van der Waals surface area contributed by atoms with Gasteiger partial charge in [0.15, 0.2) is 5.15 Å². The first-order valence-corrected chi connectivity index (χ1v) is 8.07. The number of ether oxygens (including phenoxy) is 1. The van der Waals surface area contributed by atoms with Crippen LogP contribution in [-0.2, 0) is 16.8 Å². The van der Waals surface area contributed by atoms with Crippen molar-refractivity contribution in [2.24, 2.45) is 0 Å². The fraction of sp³-hybridized carbons (Fsp3) is 0.733. The van der Waals surface area contributed by atoms with Crippen LogP contribution >= 0.6 is 11.6 Å². The molecule has 116 valence electrons.